The number of rotatable bonds is 4. The Morgan fingerprint density at radius 3 is 2.74 bits per heavy atom. The van der Waals surface area contributed by atoms with Crippen molar-refractivity contribution in [2.45, 2.75) is 13.5 Å². The van der Waals surface area contributed by atoms with Crippen LogP contribution >= 0.6 is 11.3 Å². The number of pyridine rings is 1. The van der Waals surface area contributed by atoms with Gasteiger partial charge in [0, 0.05) is 34.7 Å². The monoisotopic (exact) mass is 320 g/mol. The molecular weight excluding hydrogens is 304 g/mol. The van der Waals surface area contributed by atoms with Crippen LogP contribution in [0.5, 0.6) is 0 Å². The average Bonchev–Trinajstić information content (AvgIpc) is 3.19. The summed E-state index contributed by atoms with van der Waals surface area (Å²) >= 11 is 1.72. The van der Waals surface area contributed by atoms with Crippen LogP contribution in [-0.4, -0.2) is 14.4 Å². The van der Waals surface area contributed by atoms with Gasteiger partial charge in [-0.3, -0.25) is 0 Å². The molecule has 0 fully saturated rings. The van der Waals surface area contributed by atoms with E-state index in [1.807, 2.05) is 41.9 Å². The number of benzene rings is 1. The standard InChI is InChI=1S/C18H16N4S/c1-13-19-10-16(23-13)11-20-15-7-5-14(6-8-15)17-12-22-9-3-2-4-18(22)21-17/h2-10,12,20H,11H2,1H3. The Morgan fingerprint density at radius 2 is 2.00 bits per heavy atom. The minimum atomic E-state index is 0.805. The van der Waals surface area contributed by atoms with E-state index in [0.29, 0.717) is 0 Å². The van der Waals surface area contributed by atoms with Gasteiger partial charge in [0.05, 0.1) is 17.2 Å². The van der Waals surface area contributed by atoms with E-state index in [9.17, 15) is 0 Å². The van der Waals surface area contributed by atoms with E-state index in [4.69, 9.17) is 0 Å². The Balaban J connectivity index is 1.51. The van der Waals surface area contributed by atoms with Crippen LogP contribution in [0.4, 0.5) is 5.69 Å². The molecule has 1 aromatic carbocycles. The topological polar surface area (TPSA) is 42.2 Å². The van der Waals surface area contributed by atoms with Crippen molar-refractivity contribution >= 4 is 22.7 Å². The molecule has 0 spiro atoms. The third-order valence-corrected chi connectivity index (χ3v) is 4.59. The zero-order valence-corrected chi connectivity index (χ0v) is 13.5. The van der Waals surface area contributed by atoms with E-state index in [1.54, 1.807) is 11.3 Å². The first-order valence-electron chi connectivity index (χ1n) is 7.47. The molecule has 4 aromatic rings. The number of nitrogens with one attached hydrogen (secondary N) is 1. The van der Waals surface area contributed by atoms with Crippen LogP contribution in [0.3, 0.4) is 0 Å². The van der Waals surface area contributed by atoms with Crippen molar-refractivity contribution in [3.8, 4) is 11.3 Å². The lowest BCUT2D eigenvalue weighted by Crippen LogP contribution is -1.96. The molecule has 3 heterocycles. The summed E-state index contributed by atoms with van der Waals surface area (Å²) in [6, 6.07) is 14.4. The number of aryl methyl sites for hydroxylation is 1. The second kappa shape index (κ2) is 5.85. The van der Waals surface area contributed by atoms with Gasteiger partial charge in [-0.15, -0.1) is 11.3 Å². The summed E-state index contributed by atoms with van der Waals surface area (Å²) in [5.74, 6) is 0. The van der Waals surface area contributed by atoms with E-state index in [1.165, 1.54) is 4.88 Å². The molecule has 23 heavy (non-hydrogen) atoms. The summed E-state index contributed by atoms with van der Waals surface area (Å²) in [4.78, 5) is 10.2. The molecule has 0 saturated heterocycles. The zero-order chi connectivity index (χ0) is 15.6. The van der Waals surface area contributed by atoms with Gasteiger partial charge in [0.15, 0.2) is 0 Å². The van der Waals surface area contributed by atoms with Crippen molar-refractivity contribution in [2.75, 3.05) is 5.32 Å². The number of hydrogen-bond acceptors (Lipinski definition) is 4. The molecule has 1 N–H and O–H groups in total. The van der Waals surface area contributed by atoms with Gasteiger partial charge in [-0.05, 0) is 31.2 Å². The van der Waals surface area contributed by atoms with Crippen molar-refractivity contribution in [1.82, 2.24) is 14.4 Å². The van der Waals surface area contributed by atoms with Gasteiger partial charge in [-0.25, -0.2) is 9.97 Å². The molecule has 0 bridgehead atoms. The Bertz CT molecular complexity index is 904. The van der Waals surface area contributed by atoms with Crippen LogP contribution in [-0.2, 0) is 6.54 Å². The fraction of sp³-hybridized carbons (Fsp3) is 0.111. The number of anilines is 1. The van der Waals surface area contributed by atoms with Crippen molar-refractivity contribution in [3.05, 3.63) is 70.9 Å². The molecule has 0 aliphatic rings. The average molecular weight is 320 g/mol. The summed E-state index contributed by atoms with van der Waals surface area (Å²) in [6.07, 6.45) is 5.99. The molecule has 3 aromatic heterocycles. The van der Waals surface area contributed by atoms with Gasteiger partial charge in [0.1, 0.15) is 5.65 Å². The van der Waals surface area contributed by atoms with E-state index in [0.717, 1.165) is 34.1 Å². The highest BCUT2D eigenvalue weighted by molar-refractivity contribution is 7.11. The Morgan fingerprint density at radius 1 is 1.13 bits per heavy atom. The summed E-state index contributed by atoms with van der Waals surface area (Å²) in [7, 11) is 0. The molecule has 4 nitrogen and oxygen atoms in total. The second-order valence-corrected chi connectivity index (χ2v) is 6.69. The van der Waals surface area contributed by atoms with Crippen LogP contribution < -0.4 is 5.32 Å². The molecular formula is C18H16N4S. The van der Waals surface area contributed by atoms with Crippen LogP contribution in [0.15, 0.2) is 61.1 Å². The number of thiazole rings is 1. The van der Waals surface area contributed by atoms with E-state index in [2.05, 4.69) is 45.7 Å². The lowest BCUT2D eigenvalue weighted by molar-refractivity contribution is 1.17. The fourth-order valence-electron chi connectivity index (χ4n) is 2.51. The second-order valence-electron chi connectivity index (χ2n) is 5.37. The van der Waals surface area contributed by atoms with Gasteiger partial charge in [0.25, 0.3) is 0 Å². The number of imidazole rings is 1. The van der Waals surface area contributed by atoms with Crippen molar-refractivity contribution in [1.29, 1.82) is 0 Å². The van der Waals surface area contributed by atoms with Crippen LogP contribution in [0.25, 0.3) is 16.9 Å². The third kappa shape index (κ3) is 2.96. The minimum Gasteiger partial charge on any atom is -0.380 e. The minimum absolute atomic E-state index is 0.805. The molecule has 0 amide bonds. The van der Waals surface area contributed by atoms with E-state index >= 15 is 0 Å². The summed E-state index contributed by atoms with van der Waals surface area (Å²) < 4.78 is 2.04. The fourth-order valence-corrected chi connectivity index (χ4v) is 3.24. The van der Waals surface area contributed by atoms with Crippen LogP contribution in [0.2, 0.25) is 0 Å². The van der Waals surface area contributed by atoms with E-state index < -0.39 is 0 Å². The third-order valence-electron chi connectivity index (χ3n) is 3.68. The molecule has 0 aliphatic carbocycles. The molecule has 0 radical (unpaired) electrons. The maximum atomic E-state index is 4.64. The molecule has 4 rings (SSSR count). The van der Waals surface area contributed by atoms with Crippen LogP contribution in [0, 0.1) is 6.92 Å². The quantitative estimate of drug-likeness (QED) is 0.607. The maximum absolute atomic E-state index is 4.64. The number of fused-ring (bicyclic) bond motifs is 1. The highest BCUT2D eigenvalue weighted by atomic mass is 32.1. The Labute approximate surface area is 138 Å². The Hall–Kier alpha value is -2.66. The predicted octanol–water partition coefficient (Wildman–Crippen LogP) is 4.38. The molecule has 0 unspecified atom stereocenters. The largest absolute Gasteiger partial charge is 0.380 e. The van der Waals surface area contributed by atoms with Crippen molar-refractivity contribution < 1.29 is 0 Å². The maximum Gasteiger partial charge on any atom is 0.137 e. The zero-order valence-electron chi connectivity index (χ0n) is 12.7. The van der Waals surface area contributed by atoms with Gasteiger partial charge in [-0.1, -0.05) is 18.2 Å². The van der Waals surface area contributed by atoms with E-state index in [-0.39, 0.29) is 0 Å². The first-order chi connectivity index (χ1) is 11.3. The van der Waals surface area contributed by atoms with Gasteiger partial charge in [-0.2, -0.15) is 0 Å². The first kappa shape index (κ1) is 14.0. The molecule has 0 atom stereocenters. The molecule has 0 saturated carbocycles. The number of nitrogens with zero attached hydrogens (tertiary/aromatic N) is 3. The summed E-state index contributed by atoms with van der Waals surface area (Å²) in [5, 5.41) is 4.53. The highest BCUT2D eigenvalue weighted by Crippen LogP contribution is 2.22. The smallest absolute Gasteiger partial charge is 0.137 e. The highest BCUT2D eigenvalue weighted by Gasteiger charge is 2.04. The molecule has 114 valence electrons. The number of aromatic nitrogens is 3. The molecule has 0 aliphatic heterocycles. The van der Waals surface area contributed by atoms with Crippen LogP contribution in [0.1, 0.15) is 9.88 Å². The number of hydrogen-bond donors (Lipinski definition) is 1. The SMILES string of the molecule is Cc1ncc(CNc2ccc(-c3cn4ccccc4n3)cc2)s1. The lowest BCUT2D eigenvalue weighted by Gasteiger charge is -2.05. The van der Waals surface area contributed by atoms with Gasteiger partial charge < -0.3 is 9.72 Å². The molecule has 5 heteroatoms. The van der Waals surface area contributed by atoms with Crippen molar-refractivity contribution in [2.24, 2.45) is 0 Å². The first-order valence-corrected chi connectivity index (χ1v) is 8.29. The lowest BCUT2D eigenvalue weighted by atomic mass is 10.1. The summed E-state index contributed by atoms with van der Waals surface area (Å²) in [6.45, 7) is 2.83. The van der Waals surface area contributed by atoms with Gasteiger partial charge >= 0.3 is 0 Å². The Kier molecular flexibility index (Phi) is 3.55. The van der Waals surface area contributed by atoms with Gasteiger partial charge in [0.2, 0.25) is 0 Å². The predicted molar refractivity (Wildman–Crippen MR) is 94.8 cm³/mol. The summed E-state index contributed by atoms with van der Waals surface area (Å²) in [5.41, 5.74) is 4.17. The normalized spacial score (nSPS) is 11.0. The van der Waals surface area contributed by atoms with Crippen molar-refractivity contribution in [3.63, 3.8) is 0 Å².